The minimum Gasteiger partial charge on any atom is -0.465 e. The Labute approximate surface area is 112 Å². The number of ether oxygens (including phenoxy) is 1. The van der Waals surface area contributed by atoms with Gasteiger partial charge in [0.15, 0.2) is 0 Å². The number of nitrogens with zero attached hydrogens (tertiary/aromatic N) is 2. The van der Waals surface area contributed by atoms with Gasteiger partial charge in [0, 0.05) is 0 Å². The molecule has 0 amide bonds. The fourth-order valence-corrected chi connectivity index (χ4v) is 1.61. The molecule has 0 aliphatic carbocycles. The highest BCUT2D eigenvalue weighted by atomic mass is 79.9. The Kier molecular flexibility index (Phi) is 5.39. The number of hydrogen-bond acceptors (Lipinski definition) is 5. The van der Waals surface area contributed by atoms with Gasteiger partial charge in [0.2, 0.25) is 0 Å². The largest absolute Gasteiger partial charge is 0.465 e. The van der Waals surface area contributed by atoms with Crippen LogP contribution in [0.3, 0.4) is 0 Å². The molecule has 0 saturated carbocycles. The molecular formula is C11H12BrN3O3. The van der Waals surface area contributed by atoms with Crippen molar-refractivity contribution in [3.63, 3.8) is 0 Å². The van der Waals surface area contributed by atoms with Crippen molar-refractivity contribution in [2.75, 3.05) is 18.5 Å². The van der Waals surface area contributed by atoms with Crippen molar-refractivity contribution in [3.8, 4) is 12.3 Å². The van der Waals surface area contributed by atoms with E-state index in [2.05, 4.69) is 32.3 Å². The smallest absolute Gasteiger partial charge is 0.325 e. The third kappa shape index (κ3) is 3.60. The molecule has 0 bridgehead atoms. The number of halogens is 1. The second-order valence-corrected chi connectivity index (χ2v) is 3.99. The highest BCUT2D eigenvalue weighted by Gasteiger charge is 2.09. The van der Waals surface area contributed by atoms with Crippen LogP contribution in [0, 0.1) is 12.3 Å². The summed E-state index contributed by atoms with van der Waals surface area (Å²) in [4.78, 5) is 22.9. The Balaban J connectivity index is 2.80. The first-order chi connectivity index (χ1) is 8.60. The van der Waals surface area contributed by atoms with Gasteiger partial charge in [-0.05, 0) is 22.9 Å². The van der Waals surface area contributed by atoms with Gasteiger partial charge in [-0.3, -0.25) is 9.59 Å². The highest BCUT2D eigenvalue weighted by Crippen LogP contribution is 2.15. The van der Waals surface area contributed by atoms with Gasteiger partial charge in [0.25, 0.3) is 5.56 Å². The normalized spacial score (nSPS) is 9.61. The second-order valence-electron chi connectivity index (χ2n) is 3.20. The number of esters is 1. The van der Waals surface area contributed by atoms with Gasteiger partial charge >= 0.3 is 5.97 Å². The van der Waals surface area contributed by atoms with Gasteiger partial charge in [0.05, 0.1) is 18.5 Å². The number of carbonyl (C=O) groups excluding carboxylic acids is 1. The molecule has 0 aliphatic rings. The van der Waals surface area contributed by atoms with Crippen molar-refractivity contribution in [2.45, 2.75) is 13.5 Å². The minimum absolute atomic E-state index is 0.0350. The first-order valence-corrected chi connectivity index (χ1v) is 5.98. The monoisotopic (exact) mass is 313 g/mol. The van der Waals surface area contributed by atoms with E-state index in [1.54, 1.807) is 6.92 Å². The van der Waals surface area contributed by atoms with Gasteiger partial charge in [-0.25, -0.2) is 4.68 Å². The summed E-state index contributed by atoms with van der Waals surface area (Å²) in [6.07, 6.45) is 6.53. The van der Waals surface area contributed by atoms with Crippen LogP contribution in [-0.4, -0.2) is 28.9 Å². The lowest BCUT2D eigenvalue weighted by Gasteiger charge is -2.08. The topological polar surface area (TPSA) is 73.2 Å². The van der Waals surface area contributed by atoms with Crippen LogP contribution in [-0.2, 0) is 16.1 Å². The molecule has 1 aromatic rings. The van der Waals surface area contributed by atoms with E-state index in [0.29, 0.717) is 12.3 Å². The molecule has 7 heteroatoms. The molecule has 0 fully saturated rings. The van der Waals surface area contributed by atoms with E-state index >= 15 is 0 Å². The summed E-state index contributed by atoms with van der Waals surface area (Å²) >= 11 is 3.13. The number of nitrogens with one attached hydrogen (secondary N) is 1. The first kappa shape index (κ1) is 14.3. The number of aromatic nitrogens is 2. The highest BCUT2D eigenvalue weighted by molar-refractivity contribution is 9.10. The van der Waals surface area contributed by atoms with Gasteiger partial charge in [0.1, 0.15) is 17.6 Å². The fraction of sp³-hybridized carbons (Fsp3) is 0.364. The Morgan fingerprint density at radius 3 is 3.06 bits per heavy atom. The average Bonchev–Trinajstić information content (AvgIpc) is 2.35. The zero-order chi connectivity index (χ0) is 13.5. The van der Waals surface area contributed by atoms with E-state index in [1.807, 2.05) is 0 Å². The van der Waals surface area contributed by atoms with Crippen LogP contribution < -0.4 is 10.9 Å². The molecule has 0 saturated heterocycles. The molecule has 0 spiro atoms. The molecule has 0 unspecified atom stereocenters. The van der Waals surface area contributed by atoms with Crippen molar-refractivity contribution in [3.05, 3.63) is 21.0 Å². The van der Waals surface area contributed by atoms with E-state index in [4.69, 9.17) is 11.2 Å². The van der Waals surface area contributed by atoms with Gasteiger partial charge in [-0.1, -0.05) is 5.92 Å². The zero-order valence-electron chi connectivity index (χ0n) is 9.77. The molecule has 1 rings (SSSR count). The lowest BCUT2D eigenvalue weighted by Crippen LogP contribution is -2.25. The van der Waals surface area contributed by atoms with Crippen LogP contribution in [0.5, 0.6) is 0 Å². The number of terminal acetylenes is 1. The third-order valence-corrected chi connectivity index (χ3v) is 2.72. The van der Waals surface area contributed by atoms with Crippen LogP contribution in [0.2, 0.25) is 0 Å². The maximum absolute atomic E-state index is 11.8. The summed E-state index contributed by atoms with van der Waals surface area (Å²) in [6.45, 7) is 2.09. The van der Waals surface area contributed by atoms with Crippen LogP contribution in [0.15, 0.2) is 15.5 Å². The lowest BCUT2D eigenvalue weighted by molar-refractivity contribution is -0.140. The Morgan fingerprint density at radius 2 is 2.44 bits per heavy atom. The van der Waals surface area contributed by atoms with Crippen molar-refractivity contribution in [2.24, 2.45) is 0 Å². The number of carbonyl (C=O) groups is 1. The van der Waals surface area contributed by atoms with Gasteiger partial charge in [-0.15, -0.1) is 6.42 Å². The van der Waals surface area contributed by atoms with Gasteiger partial charge in [-0.2, -0.15) is 5.10 Å². The molecule has 0 radical (unpaired) electrons. The summed E-state index contributed by atoms with van der Waals surface area (Å²) in [5.41, 5.74) is 0.0585. The van der Waals surface area contributed by atoms with E-state index in [9.17, 15) is 9.59 Å². The summed E-state index contributed by atoms with van der Waals surface area (Å²) in [5.74, 6) is 1.92. The second kappa shape index (κ2) is 6.81. The van der Waals surface area contributed by atoms with Crippen LogP contribution in [0.1, 0.15) is 6.92 Å². The van der Waals surface area contributed by atoms with Gasteiger partial charge < -0.3 is 10.1 Å². The Bertz CT molecular complexity index is 533. The van der Waals surface area contributed by atoms with E-state index in [1.165, 1.54) is 6.20 Å². The maximum Gasteiger partial charge on any atom is 0.325 e. The number of rotatable bonds is 5. The molecular weight excluding hydrogens is 302 g/mol. The maximum atomic E-state index is 11.8. The number of anilines is 1. The predicted octanol–water partition coefficient (Wildman–Crippen LogP) is 0.614. The van der Waals surface area contributed by atoms with Crippen LogP contribution >= 0.6 is 15.9 Å². The van der Waals surface area contributed by atoms with Crippen molar-refractivity contribution in [1.29, 1.82) is 0 Å². The third-order valence-electron chi connectivity index (χ3n) is 1.95. The van der Waals surface area contributed by atoms with E-state index in [-0.39, 0.29) is 23.1 Å². The molecule has 0 atom stereocenters. The standard InChI is InChI=1S/C11H12BrN3O3/c1-3-5-15-11(17)10(12)8(6-14-15)13-7-9(16)18-4-2/h1,6,13H,4-5,7H2,2H3. The van der Waals surface area contributed by atoms with Crippen LogP contribution in [0.25, 0.3) is 0 Å². The Morgan fingerprint density at radius 1 is 1.72 bits per heavy atom. The molecule has 18 heavy (non-hydrogen) atoms. The average molecular weight is 314 g/mol. The Hall–Kier alpha value is -1.81. The number of hydrogen-bond donors (Lipinski definition) is 1. The summed E-state index contributed by atoms with van der Waals surface area (Å²) in [7, 11) is 0. The molecule has 1 N–H and O–H groups in total. The molecule has 1 heterocycles. The zero-order valence-corrected chi connectivity index (χ0v) is 11.4. The molecule has 96 valence electrons. The van der Waals surface area contributed by atoms with Crippen molar-refractivity contribution >= 4 is 27.6 Å². The van der Waals surface area contributed by atoms with E-state index in [0.717, 1.165) is 4.68 Å². The molecule has 1 aromatic heterocycles. The summed E-state index contributed by atoms with van der Waals surface area (Å²) < 4.78 is 6.16. The van der Waals surface area contributed by atoms with E-state index < -0.39 is 5.97 Å². The fourth-order valence-electron chi connectivity index (χ4n) is 1.17. The molecule has 0 aromatic carbocycles. The summed E-state index contributed by atoms with van der Waals surface area (Å²) in [5, 5.41) is 6.63. The first-order valence-electron chi connectivity index (χ1n) is 5.18. The van der Waals surface area contributed by atoms with Crippen molar-refractivity contribution < 1.29 is 9.53 Å². The lowest BCUT2D eigenvalue weighted by atomic mass is 10.4. The van der Waals surface area contributed by atoms with Crippen molar-refractivity contribution in [1.82, 2.24) is 9.78 Å². The SMILES string of the molecule is C#CCn1ncc(NCC(=O)OCC)c(Br)c1=O. The van der Waals surface area contributed by atoms with Crippen LogP contribution in [0.4, 0.5) is 5.69 Å². The molecule has 0 aliphatic heterocycles. The molecule has 6 nitrogen and oxygen atoms in total. The quantitative estimate of drug-likeness (QED) is 0.637. The minimum atomic E-state index is -0.405. The summed E-state index contributed by atoms with van der Waals surface area (Å²) in [6, 6.07) is 0. The predicted molar refractivity (Wildman–Crippen MR) is 70.2 cm³/mol.